The first kappa shape index (κ1) is 9.36. The molecule has 0 spiro atoms. The van der Waals surface area contributed by atoms with E-state index in [1.54, 1.807) is 0 Å². The van der Waals surface area contributed by atoms with Crippen molar-refractivity contribution in [2.75, 3.05) is 38.2 Å². The maximum atomic E-state index is 3.19. The van der Waals surface area contributed by atoms with Crippen LogP contribution in [0.1, 0.15) is 6.92 Å². The number of nitrogens with zero attached hydrogens (tertiary/aromatic N) is 1. The Morgan fingerprint density at radius 2 is 2.45 bits per heavy atom. The standard InChI is InChI=1S/C8H18N2S/c1-8-7-11-6-5-10(8)4-3-9-2/h8-9H,3-7H2,1-2H3. The van der Waals surface area contributed by atoms with Crippen molar-refractivity contribution in [3.8, 4) is 0 Å². The molecule has 1 unspecified atom stereocenters. The van der Waals surface area contributed by atoms with Gasteiger partial charge in [0.25, 0.3) is 0 Å². The molecule has 0 aromatic rings. The van der Waals surface area contributed by atoms with Crippen LogP contribution in [-0.2, 0) is 0 Å². The van der Waals surface area contributed by atoms with Crippen molar-refractivity contribution in [1.82, 2.24) is 10.2 Å². The van der Waals surface area contributed by atoms with Gasteiger partial charge in [0.1, 0.15) is 0 Å². The van der Waals surface area contributed by atoms with Gasteiger partial charge in [-0.15, -0.1) is 0 Å². The fraction of sp³-hybridized carbons (Fsp3) is 1.00. The van der Waals surface area contributed by atoms with Crippen LogP contribution in [0.4, 0.5) is 0 Å². The molecule has 0 bridgehead atoms. The summed E-state index contributed by atoms with van der Waals surface area (Å²) in [5.41, 5.74) is 0. The smallest absolute Gasteiger partial charge is 0.0158 e. The minimum Gasteiger partial charge on any atom is -0.318 e. The van der Waals surface area contributed by atoms with Gasteiger partial charge in [-0.2, -0.15) is 11.8 Å². The van der Waals surface area contributed by atoms with Gasteiger partial charge >= 0.3 is 0 Å². The molecule has 1 saturated heterocycles. The Bertz CT molecular complexity index is 108. The molecular weight excluding hydrogens is 156 g/mol. The zero-order chi connectivity index (χ0) is 8.10. The summed E-state index contributed by atoms with van der Waals surface area (Å²) < 4.78 is 0. The van der Waals surface area contributed by atoms with E-state index in [4.69, 9.17) is 0 Å². The Balaban J connectivity index is 2.18. The molecule has 0 aromatic heterocycles. The normalized spacial score (nSPS) is 27.3. The molecule has 1 rings (SSSR count). The monoisotopic (exact) mass is 174 g/mol. The van der Waals surface area contributed by atoms with Crippen LogP contribution in [0.2, 0.25) is 0 Å². The van der Waals surface area contributed by atoms with Gasteiger partial charge in [-0.1, -0.05) is 0 Å². The van der Waals surface area contributed by atoms with E-state index >= 15 is 0 Å². The number of hydrogen-bond acceptors (Lipinski definition) is 3. The Hall–Kier alpha value is 0.270. The Kier molecular flexibility index (Phi) is 4.26. The predicted molar refractivity (Wildman–Crippen MR) is 52.3 cm³/mol. The maximum Gasteiger partial charge on any atom is 0.0158 e. The lowest BCUT2D eigenvalue weighted by atomic mass is 10.3. The van der Waals surface area contributed by atoms with Gasteiger partial charge < -0.3 is 5.32 Å². The summed E-state index contributed by atoms with van der Waals surface area (Å²) in [6.45, 7) is 5.92. The molecule has 1 aliphatic rings. The number of rotatable bonds is 3. The largest absolute Gasteiger partial charge is 0.318 e. The van der Waals surface area contributed by atoms with Crippen molar-refractivity contribution in [3.63, 3.8) is 0 Å². The number of nitrogens with one attached hydrogen (secondary N) is 1. The molecule has 66 valence electrons. The van der Waals surface area contributed by atoms with Crippen molar-refractivity contribution >= 4 is 11.8 Å². The zero-order valence-corrected chi connectivity index (χ0v) is 8.28. The second-order valence-electron chi connectivity index (χ2n) is 3.06. The Morgan fingerprint density at radius 3 is 3.09 bits per heavy atom. The van der Waals surface area contributed by atoms with E-state index in [-0.39, 0.29) is 0 Å². The van der Waals surface area contributed by atoms with Crippen LogP contribution in [-0.4, -0.2) is 49.1 Å². The molecule has 0 aliphatic carbocycles. The lowest BCUT2D eigenvalue weighted by Crippen LogP contribution is -2.43. The average molecular weight is 174 g/mol. The third kappa shape index (κ3) is 3.01. The average Bonchev–Trinajstić information content (AvgIpc) is 2.03. The van der Waals surface area contributed by atoms with Gasteiger partial charge in [0.2, 0.25) is 0 Å². The second-order valence-corrected chi connectivity index (χ2v) is 4.21. The molecule has 1 N–H and O–H groups in total. The first-order chi connectivity index (χ1) is 5.34. The van der Waals surface area contributed by atoms with Crippen LogP contribution in [0.25, 0.3) is 0 Å². The Morgan fingerprint density at radius 1 is 1.64 bits per heavy atom. The van der Waals surface area contributed by atoms with Gasteiger partial charge in [-0.3, -0.25) is 4.90 Å². The van der Waals surface area contributed by atoms with Crippen molar-refractivity contribution in [2.45, 2.75) is 13.0 Å². The predicted octanol–water partition coefficient (Wildman–Crippen LogP) is 0.643. The molecule has 1 fully saturated rings. The molecule has 0 radical (unpaired) electrons. The molecule has 0 aromatic carbocycles. The van der Waals surface area contributed by atoms with Gasteiger partial charge in [0.15, 0.2) is 0 Å². The molecule has 1 atom stereocenters. The minimum atomic E-state index is 0.780. The van der Waals surface area contributed by atoms with Crippen LogP contribution in [0, 0.1) is 0 Å². The van der Waals surface area contributed by atoms with E-state index in [1.807, 2.05) is 7.05 Å². The lowest BCUT2D eigenvalue weighted by molar-refractivity contribution is 0.235. The SMILES string of the molecule is CNCCN1CCSCC1C. The van der Waals surface area contributed by atoms with E-state index in [2.05, 4.69) is 28.9 Å². The molecule has 1 aliphatic heterocycles. The van der Waals surface area contributed by atoms with Crippen molar-refractivity contribution in [2.24, 2.45) is 0 Å². The highest BCUT2D eigenvalue weighted by Gasteiger charge is 2.16. The summed E-state index contributed by atoms with van der Waals surface area (Å²) >= 11 is 2.08. The third-order valence-electron chi connectivity index (χ3n) is 2.15. The van der Waals surface area contributed by atoms with Crippen LogP contribution >= 0.6 is 11.8 Å². The molecule has 2 nitrogen and oxygen atoms in total. The first-order valence-corrected chi connectivity index (χ1v) is 5.46. The summed E-state index contributed by atoms with van der Waals surface area (Å²) in [5, 5.41) is 3.19. The highest BCUT2D eigenvalue weighted by atomic mass is 32.2. The van der Waals surface area contributed by atoms with E-state index in [9.17, 15) is 0 Å². The highest BCUT2D eigenvalue weighted by molar-refractivity contribution is 7.99. The summed E-state index contributed by atoms with van der Waals surface area (Å²) in [5.74, 6) is 2.62. The topological polar surface area (TPSA) is 15.3 Å². The van der Waals surface area contributed by atoms with Crippen LogP contribution in [0.15, 0.2) is 0 Å². The van der Waals surface area contributed by atoms with Gasteiger partial charge in [-0.25, -0.2) is 0 Å². The van der Waals surface area contributed by atoms with Crippen LogP contribution in [0.5, 0.6) is 0 Å². The highest BCUT2D eigenvalue weighted by Crippen LogP contribution is 2.14. The molecule has 11 heavy (non-hydrogen) atoms. The van der Waals surface area contributed by atoms with E-state index < -0.39 is 0 Å². The third-order valence-corrected chi connectivity index (χ3v) is 3.34. The van der Waals surface area contributed by atoms with Crippen LogP contribution < -0.4 is 5.32 Å². The summed E-state index contributed by atoms with van der Waals surface area (Å²) in [7, 11) is 2.02. The van der Waals surface area contributed by atoms with E-state index in [0.717, 1.165) is 12.6 Å². The van der Waals surface area contributed by atoms with Gasteiger partial charge in [-0.05, 0) is 14.0 Å². The molecular formula is C8H18N2S. The minimum absolute atomic E-state index is 0.780. The fourth-order valence-electron chi connectivity index (χ4n) is 1.35. The maximum absolute atomic E-state index is 3.19. The van der Waals surface area contributed by atoms with Crippen LogP contribution in [0.3, 0.4) is 0 Å². The number of thioether (sulfide) groups is 1. The summed E-state index contributed by atoms with van der Waals surface area (Å²) in [4.78, 5) is 2.56. The van der Waals surface area contributed by atoms with Crippen molar-refractivity contribution in [1.29, 1.82) is 0 Å². The second kappa shape index (κ2) is 5.01. The van der Waals surface area contributed by atoms with Gasteiger partial charge in [0, 0.05) is 37.2 Å². The molecule has 1 heterocycles. The van der Waals surface area contributed by atoms with Crippen molar-refractivity contribution in [3.05, 3.63) is 0 Å². The number of hydrogen-bond donors (Lipinski definition) is 1. The quantitative estimate of drug-likeness (QED) is 0.676. The fourth-order valence-corrected chi connectivity index (χ4v) is 2.43. The lowest BCUT2D eigenvalue weighted by Gasteiger charge is -2.32. The van der Waals surface area contributed by atoms with Gasteiger partial charge in [0.05, 0.1) is 0 Å². The Labute approximate surface area is 73.7 Å². The molecule has 0 amide bonds. The van der Waals surface area contributed by atoms with Crippen molar-refractivity contribution < 1.29 is 0 Å². The first-order valence-electron chi connectivity index (χ1n) is 4.31. The van der Waals surface area contributed by atoms with E-state index in [1.165, 1.54) is 24.6 Å². The molecule has 0 saturated carbocycles. The summed E-state index contributed by atoms with van der Waals surface area (Å²) in [6.07, 6.45) is 0. The summed E-state index contributed by atoms with van der Waals surface area (Å²) in [6, 6.07) is 0.780. The number of likely N-dealkylation sites (N-methyl/N-ethyl adjacent to an activating group) is 1. The zero-order valence-electron chi connectivity index (χ0n) is 7.47. The van der Waals surface area contributed by atoms with E-state index in [0.29, 0.717) is 0 Å². The molecule has 3 heteroatoms.